The number of ketones is 1. The third-order valence-corrected chi connectivity index (χ3v) is 3.55. The monoisotopic (exact) mass is 340 g/mol. The quantitative estimate of drug-likeness (QED) is 0.720. The van der Waals surface area contributed by atoms with Gasteiger partial charge in [-0.05, 0) is 42.3 Å². The molecule has 98 valence electrons. The molecule has 0 heterocycles. The van der Waals surface area contributed by atoms with E-state index in [-0.39, 0.29) is 12.2 Å². The van der Waals surface area contributed by atoms with Crippen molar-refractivity contribution in [2.45, 2.75) is 13.3 Å². The Balaban J connectivity index is 2.25. The lowest BCUT2D eigenvalue weighted by atomic mass is 10.0. The van der Waals surface area contributed by atoms with Crippen molar-refractivity contribution >= 4 is 33.3 Å². The van der Waals surface area contributed by atoms with Crippen LogP contribution in [0.2, 0.25) is 5.02 Å². The zero-order valence-corrected chi connectivity index (χ0v) is 12.6. The molecule has 0 radical (unpaired) electrons. The minimum absolute atomic E-state index is 0.161. The number of hydrogen-bond acceptors (Lipinski definition) is 1. The molecule has 2 aromatic carbocycles. The first-order chi connectivity index (χ1) is 8.95. The van der Waals surface area contributed by atoms with Crippen molar-refractivity contribution in [3.8, 4) is 0 Å². The zero-order chi connectivity index (χ0) is 14.0. The van der Waals surface area contributed by atoms with E-state index in [4.69, 9.17) is 11.6 Å². The van der Waals surface area contributed by atoms with Gasteiger partial charge in [0.15, 0.2) is 5.78 Å². The Bertz CT molecular complexity index is 620. The number of carbonyl (C=O) groups is 1. The third kappa shape index (κ3) is 3.64. The summed E-state index contributed by atoms with van der Waals surface area (Å²) < 4.78 is 13.8. The summed E-state index contributed by atoms with van der Waals surface area (Å²) in [5.41, 5.74) is 2.12. The number of hydrogen-bond donors (Lipinski definition) is 0. The number of carbonyl (C=O) groups excluding carboxylic acids is 1. The van der Waals surface area contributed by atoms with Crippen LogP contribution in [-0.2, 0) is 6.42 Å². The van der Waals surface area contributed by atoms with E-state index in [0.29, 0.717) is 15.1 Å². The Kier molecular flexibility index (Phi) is 4.38. The lowest BCUT2D eigenvalue weighted by Gasteiger charge is -2.06. The Morgan fingerprint density at radius 3 is 2.63 bits per heavy atom. The second-order valence-corrected chi connectivity index (χ2v) is 5.68. The van der Waals surface area contributed by atoms with E-state index in [1.807, 2.05) is 25.1 Å². The Hall–Kier alpha value is -1.19. The second-order valence-electron chi connectivity index (χ2n) is 4.35. The van der Waals surface area contributed by atoms with Gasteiger partial charge in [0.05, 0.1) is 0 Å². The van der Waals surface area contributed by atoms with Crippen molar-refractivity contribution in [3.05, 3.63) is 68.4 Å². The van der Waals surface area contributed by atoms with E-state index in [9.17, 15) is 9.18 Å². The fourth-order valence-electron chi connectivity index (χ4n) is 1.79. The average Bonchev–Trinajstić information content (AvgIpc) is 2.31. The van der Waals surface area contributed by atoms with Gasteiger partial charge in [-0.3, -0.25) is 4.79 Å². The van der Waals surface area contributed by atoms with Gasteiger partial charge in [0.25, 0.3) is 0 Å². The fraction of sp³-hybridized carbons (Fsp3) is 0.133. The first-order valence-electron chi connectivity index (χ1n) is 5.70. The van der Waals surface area contributed by atoms with Crippen molar-refractivity contribution in [2.75, 3.05) is 0 Å². The van der Waals surface area contributed by atoms with Gasteiger partial charge in [-0.25, -0.2) is 4.39 Å². The van der Waals surface area contributed by atoms with Gasteiger partial charge in [-0.1, -0.05) is 39.7 Å². The maximum atomic E-state index is 13.3. The molecule has 0 N–H and O–H groups in total. The van der Waals surface area contributed by atoms with Crippen LogP contribution in [0.5, 0.6) is 0 Å². The minimum atomic E-state index is -0.437. The van der Waals surface area contributed by atoms with Crippen molar-refractivity contribution in [1.29, 1.82) is 0 Å². The molecular weight excluding hydrogens is 331 g/mol. The molecule has 0 atom stereocenters. The molecule has 0 saturated carbocycles. The largest absolute Gasteiger partial charge is 0.294 e. The van der Waals surface area contributed by atoms with Crippen LogP contribution < -0.4 is 0 Å². The molecular formula is C15H11BrClFO. The number of aryl methyl sites for hydroxylation is 1. The molecule has 4 heteroatoms. The van der Waals surface area contributed by atoms with Gasteiger partial charge in [0.2, 0.25) is 0 Å². The van der Waals surface area contributed by atoms with Gasteiger partial charge in [-0.2, -0.15) is 0 Å². The zero-order valence-electron chi connectivity index (χ0n) is 10.2. The lowest BCUT2D eigenvalue weighted by Crippen LogP contribution is -2.04. The summed E-state index contributed by atoms with van der Waals surface area (Å²) in [6.45, 7) is 1.93. The summed E-state index contributed by atoms with van der Waals surface area (Å²) in [6.07, 6.45) is 0.162. The SMILES string of the molecule is Cc1ccc(CC(=O)c2cc(F)cc(Br)c2)c(Cl)c1. The Morgan fingerprint density at radius 2 is 2.00 bits per heavy atom. The number of rotatable bonds is 3. The highest BCUT2D eigenvalue weighted by molar-refractivity contribution is 9.10. The minimum Gasteiger partial charge on any atom is -0.294 e. The summed E-state index contributed by atoms with van der Waals surface area (Å²) in [4.78, 5) is 12.1. The van der Waals surface area contributed by atoms with E-state index < -0.39 is 5.82 Å². The van der Waals surface area contributed by atoms with E-state index in [1.165, 1.54) is 12.1 Å². The molecule has 0 saturated heterocycles. The standard InChI is InChI=1S/C15H11BrClFO/c1-9-2-3-10(14(17)4-9)7-15(19)11-5-12(16)8-13(18)6-11/h2-6,8H,7H2,1H3. The fourth-order valence-corrected chi connectivity index (χ4v) is 2.55. The maximum Gasteiger partial charge on any atom is 0.167 e. The maximum absolute atomic E-state index is 13.3. The van der Waals surface area contributed by atoms with Crippen molar-refractivity contribution in [3.63, 3.8) is 0 Å². The summed E-state index contributed by atoms with van der Waals surface area (Å²) in [7, 11) is 0. The van der Waals surface area contributed by atoms with E-state index in [1.54, 1.807) is 6.07 Å². The molecule has 0 aliphatic rings. The molecule has 0 aliphatic heterocycles. The van der Waals surface area contributed by atoms with Crippen LogP contribution >= 0.6 is 27.5 Å². The molecule has 0 spiro atoms. The first-order valence-corrected chi connectivity index (χ1v) is 6.87. The smallest absolute Gasteiger partial charge is 0.167 e. The highest BCUT2D eigenvalue weighted by atomic mass is 79.9. The molecule has 0 aromatic heterocycles. The van der Waals surface area contributed by atoms with Crippen LogP contribution in [0.3, 0.4) is 0 Å². The van der Waals surface area contributed by atoms with Crippen molar-refractivity contribution < 1.29 is 9.18 Å². The Morgan fingerprint density at radius 1 is 1.26 bits per heavy atom. The van der Waals surface area contributed by atoms with Crippen LogP contribution in [-0.4, -0.2) is 5.78 Å². The van der Waals surface area contributed by atoms with Gasteiger partial charge in [0.1, 0.15) is 5.82 Å². The van der Waals surface area contributed by atoms with Gasteiger partial charge in [-0.15, -0.1) is 0 Å². The normalized spacial score (nSPS) is 10.5. The van der Waals surface area contributed by atoms with Crippen LogP contribution in [0.25, 0.3) is 0 Å². The molecule has 1 nitrogen and oxygen atoms in total. The van der Waals surface area contributed by atoms with Crippen LogP contribution in [0, 0.1) is 12.7 Å². The van der Waals surface area contributed by atoms with Gasteiger partial charge >= 0.3 is 0 Å². The van der Waals surface area contributed by atoms with Crippen molar-refractivity contribution in [2.24, 2.45) is 0 Å². The summed E-state index contributed by atoms with van der Waals surface area (Å²) in [6, 6.07) is 9.68. The molecule has 0 bridgehead atoms. The average molecular weight is 342 g/mol. The summed E-state index contributed by atoms with van der Waals surface area (Å²) in [5.74, 6) is -0.598. The second kappa shape index (κ2) is 5.85. The summed E-state index contributed by atoms with van der Waals surface area (Å²) in [5, 5.41) is 0.559. The first kappa shape index (κ1) is 14.2. The van der Waals surface area contributed by atoms with Crippen LogP contribution in [0.1, 0.15) is 21.5 Å². The molecule has 2 rings (SSSR count). The number of benzene rings is 2. The molecule has 2 aromatic rings. The number of halogens is 3. The topological polar surface area (TPSA) is 17.1 Å². The lowest BCUT2D eigenvalue weighted by molar-refractivity contribution is 0.0992. The van der Waals surface area contributed by atoms with E-state index in [2.05, 4.69) is 15.9 Å². The van der Waals surface area contributed by atoms with Crippen LogP contribution in [0.15, 0.2) is 40.9 Å². The predicted octanol–water partition coefficient (Wildman–Crippen LogP) is 4.98. The van der Waals surface area contributed by atoms with E-state index in [0.717, 1.165) is 11.1 Å². The third-order valence-electron chi connectivity index (χ3n) is 2.74. The molecule has 0 fully saturated rings. The molecule has 0 aliphatic carbocycles. The number of Topliss-reactive ketones (excluding diaryl/α,β-unsaturated/α-hetero) is 1. The predicted molar refractivity (Wildman–Crippen MR) is 78.3 cm³/mol. The molecule has 19 heavy (non-hydrogen) atoms. The van der Waals surface area contributed by atoms with E-state index >= 15 is 0 Å². The Labute approximate surface area is 124 Å². The molecule has 0 amide bonds. The van der Waals surface area contributed by atoms with Gasteiger partial charge in [0, 0.05) is 21.5 Å². The molecule has 0 unspecified atom stereocenters. The highest BCUT2D eigenvalue weighted by Gasteiger charge is 2.11. The van der Waals surface area contributed by atoms with Crippen LogP contribution in [0.4, 0.5) is 4.39 Å². The van der Waals surface area contributed by atoms with Crippen molar-refractivity contribution in [1.82, 2.24) is 0 Å². The summed E-state index contributed by atoms with van der Waals surface area (Å²) >= 11 is 9.26. The highest BCUT2D eigenvalue weighted by Crippen LogP contribution is 2.21. The van der Waals surface area contributed by atoms with Gasteiger partial charge < -0.3 is 0 Å².